The molecule has 0 aromatic heterocycles. The number of carbonyl (C=O) groups is 1. The van der Waals surface area contributed by atoms with E-state index in [2.05, 4.69) is 5.32 Å². The number of hydrogen-bond donors (Lipinski definition) is 1. The zero-order valence-electron chi connectivity index (χ0n) is 12.7. The summed E-state index contributed by atoms with van der Waals surface area (Å²) in [5, 5.41) is 3.30. The van der Waals surface area contributed by atoms with Gasteiger partial charge < -0.3 is 10.1 Å². The zero-order chi connectivity index (χ0) is 15.3. The van der Waals surface area contributed by atoms with Crippen LogP contribution in [-0.4, -0.2) is 11.6 Å². The molecule has 0 unspecified atom stereocenters. The maximum absolute atomic E-state index is 12.2. The lowest BCUT2D eigenvalue weighted by atomic mass is 10.1. The highest BCUT2D eigenvalue weighted by atomic mass is 16.6. The van der Waals surface area contributed by atoms with Crippen molar-refractivity contribution in [1.82, 2.24) is 0 Å². The van der Waals surface area contributed by atoms with Crippen molar-refractivity contribution < 1.29 is 9.53 Å². The van der Waals surface area contributed by atoms with Gasteiger partial charge in [-0.25, -0.2) is 4.79 Å². The summed E-state index contributed by atoms with van der Waals surface area (Å²) in [6.45, 7) is 6.27. The van der Waals surface area contributed by atoms with Gasteiger partial charge >= 0.3 is 5.97 Å². The fourth-order valence-electron chi connectivity index (χ4n) is 1.94. The Hall–Kier alpha value is -2.29. The van der Waals surface area contributed by atoms with E-state index in [4.69, 9.17) is 4.74 Å². The van der Waals surface area contributed by atoms with E-state index in [1.807, 2.05) is 69.3 Å². The summed E-state index contributed by atoms with van der Waals surface area (Å²) in [6, 6.07) is 17.5. The molecule has 110 valence electrons. The van der Waals surface area contributed by atoms with E-state index in [1.54, 1.807) is 6.07 Å². The average Bonchev–Trinajstić information content (AvgIpc) is 2.45. The number of para-hydroxylation sites is 1. The summed E-state index contributed by atoms with van der Waals surface area (Å²) < 4.78 is 5.44. The van der Waals surface area contributed by atoms with Crippen LogP contribution in [0.1, 0.15) is 36.7 Å². The molecule has 0 fully saturated rings. The Labute approximate surface area is 126 Å². The van der Waals surface area contributed by atoms with Gasteiger partial charge in [0, 0.05) is 12.2 Å². The molecule has 0 amide bonds. The zero-order valence-corrected chi connectivity index (χ0v) is 12.7. The number of hydrogen-bond acceptors (Lipinski definition) is 3. The van der Waals surface area contributed by atoms with E-state index in [9.17, 15) is 4.79 Å². The summed E-state index contributed by atoms with van der Waals surface area (Å²) in [5.74, 6) is -0.307. The molecule has 3 nitrogen and oxygen atoms in total. The van der Waals surface area contributed by atoms with E-state index >= 15 is 0 Å². The molecular weight excluding hydrogens is 262 g/mol. The standard InChI is InChI=1S/C18H21NO2/c1-18(2,3)21-17(20)15-11-7-8-12-16(15)19-13-14-9-5-4-6-10-14/h4-12,19H,13H2,1-3H3. The van der Waals surface area contributed by atoms with Crippen LogP contribution in [0.25, 0.3) is 0 Å². The minimum atomic E-state index is -0.496. The maximum Gasteiger partial charge on any atom is 0.340 e. The molecular formula is C18H21NO2. The van der Waals surface area contributed by atoms with Gasteiger partial charge in [0.05, 0.1) is 5.56 Å². The van der Waals surface area contributed by atoms with Crippen molar-refractivity contribution in [3.8, 4) is 0 Å². The molecule has 2 aromatic carbocycles. The quantitative estimate of drug-likeness (QED) is 0.852. The van der Waals surface area contributed by atoms with E-state index in [0.29, 0.717) is 12.1 Å². The number of nitrogens with one attached hydrogen (secondary N) is 1. The summed E-state index contributed by atoms with van der Waals surface area (Å²) in [7, 11) is 0. The fourth-order valence-corrected chi connectivity index (χ4v) is 1.94. The molecule has 0 aliphatic carbocycles. The molecule has 0 atom stereocenters. The molecule has 0 radical (unpaired) electrons. The molecule has 0 saturated heterocycles. The van der Waals surface area contributed by atoms with Crippen molar-refractivity contribution in [2.45, 2.75) is 32.9 Å². The number of esters is 1. The van der Waals surface area contributed by atoms with Gasteiger partial charge in [0.2, 0.25) is 0 Å². The first kappa shape index (κ1) is 15.1. The molecule has 2 aromatic rings. The lowest BCUT2D eigenvalue weighted by Crippen LogP contribution is -2.24. The first-order valence-electron chi connectivity index (χ1n) is 7.06. The highest BCUT2D eigenvalue weighted by Crippen LogP contribution is 2.20. The van der Waals surface area contributed by atoms with Crippen LogP contribution >= 0.6 is 0 Å². The smallest absolute Gasteiger partial charge is 0.340 e. The SMILES string of the molecule is CC(C)(C)OC(=O)c1ccccc1NCc1ccccc1. The Morgan fingerprint density at radius 3 is 2.29 bits per heavy atom. The molecule has 0 aliphatic rings. The largest absolute Gasteiger partial charge is 0.456 e. The third kappa shape index (κ3) is 4.63. The van der Waals surface area contributed by atoms with Crippen LogP contribution in [0.4, 0.5) is 5.69 Å². The van der Waals surface area contributed by atoms with Crippen molar-refractivity contribution in [1.29, 1.82) is 0 Å². The molecule has 0 heterocycles. The lowest BCUT2D eigenvalue weighted by molar-refractivity contribution is 0.00707. The van der Waals surface area contributed by atoms with Crippen molar-refractivity contribution in [2.75, 3.05) is 5.32 Å². The second kappa shape index (κ2) is 6.44. The summed E-state index contributed by atoms with van der Waals surface area (Å²) in [4.78, 5) is 12.2. The van der Waals surface area contributed by atoms with E-state index in [-0.39, 0.29) is 5.97 Å². The Balaban J connectivity index is 2.12. The van der Waals surface area contributed by atoms with Gasteiger partial charge in [-0.2, -0.15) is 0 Å². The number of carbonyl (C=O) groups excluding carboxylic acids is 1. The Bertz CT molecular complexity index is 600. The van der Waals surface area contributed by atoms with Gasteiger partial charge in [-0.1, -0.05) is 42.5 Å². The summed E-state index contributed by atoms with van der Waals surface area (Å²) in [5.41, 5.74) is 2.01. The van der Waals surface area contributed by atoms with E-state index in [1.165, 1.54) is 0 Å². The number of ether oxygens (including phenoxy) is 1. The molecule has 0 bridgehead atoms. The van der Waals surface area contributed by atoms with Crippen LogP contribution in [0.3, 0.4) is 0 Å². The normalized spacial score (nSPS) is 11.0. The van der Waals surface area contributed by atoms with Gasteiger partial charge in [-0.05, 0) is 38.5 Å². The van der Waals surface area contributed by atoms with Crippen LogP contribution < -0.4 is 5.32 Å². The van der Waals surface area contributed by atoms with Gasteiger partial charge in [0.15, 0.2) is 0 Å². The number of anilines is 1. The third-order valence-corrected chi connectivity index (χ3v) is 2.87. The third-order valence-electron chi connectivity index (χ3n) is 2.87. The Morgan fingerprint density at radius 2 is 1.62 bits per heavy atom. The van der Waals surface area contributed by atoms with Gasteiger partial charge in [0.1, 0.15) is 5.60 Å². The van der Waals surface area contributed by atoms with E-state index in [0.717, 1.165) is 11.3 Å². The van der Waals surface area contributed by atoms with E-state index < -0.39 is 5.60 Å². The maximum atomic E-state index is 12.2. The molecule has 0 saturated carbocycles. The monoisotopic (exact) mass is 283 g/mol. The number of benzene rings is 2. The molecule has 0 spiro atoms. The minimum Gasteiger partial charge on any atom is -0.456 e. The lowest BCUT2D eigenvalue weighted by Gasteiger charge is -2.20. The van der Waals surface area contributed by atoms with Gasteiger partial charge in [0.25, 0.3) is 0 Å². The second-order valence-corrected chi connectivity index (χ2v) is 5.89. The number of rotatable bonds is 4. The van der Waals surface area contributed by atoms with Crippen molar-refractivity contribution >= 4 is 11.7 Å². The molecule has 1 N–H and O–H groups in total. The highest BCUT2D eigenvalue weighted by Gasteiger charge is 2.19. The summed E-state index contributed by atoms with van der Waals surface area (Å²) in [6.07, 6.45) is 0. The molecule has 0 aliphatic heterocycles. The highest BCUT2D eigenvalue weighted by molar-refractivity contribution is 5.95. The van der Waals surface area contributed by atoms with Crippen LogP contribution in [0.2, 0.25) is 0 Å². The van der Waals surface area contributed by atoms with Crippen molar-refractivity contribution in [2.24, 2.45) is 0 Å². The van der Waals surface area contributed by atoms with Crippen LogP contribution in [0.5, 0.6) is 0 Å². The van der Waals surface area contributed by atoms with Crippen molar-refractivity contribution in [3.05, 3.63) is 65.7 Å². The average molecular weight is 283 g/mol. The minimum absolute atomic E-state index is 0.307. The molecule has 3 heteroatoms. The fraction of sp³-hybridized carbons (Fsp3) is 0.278. The molecule has 2 rings (SSSR count). The van der Waals surface area contributed by atoms with Crippen molar-refractivity contribution in [3.63, 3.8) is 0 Å². The topological polar surface area (TPSA) is 38.3 Å². The van der Waals surface area contributed by atoms with Gasteiger partial charge in [-0.15, -0.1) is 0 Å². The van der Waals surface area contributed by atoms with Gasteiger partial charge in [-0.3, -0.25) is 0 Å². The molecule has 21 heavy (non-hydrogen) atoms. The van der Waals surface area contributed by atoms with Crippen LogP contribution in [0.15, 0.2) is 54.6 Å². The predicted molar refractivity (Wildman–Crippen MR) is 85.4 cm³/mol. The second-order valence-electron chi connectivity index (χ2n) is 5.89. The van der Waals surface area contributed by atoms with Crippen LogP contribution in [-0.2, 0) is 11.3 Å². The first-order valence-corrected chi connectivity index (χ1v) is 7.06. The Morgan fingerprint density at radius 1 is 1.00 bits per heavy atom. The Kier molecular flexibility index (Phi) is 4.63. The predicted octanol–water partition coefficient (Wildman–Crippen LogP) is 4.25. The summed E-state index contributed by atoms with van der Waals surface area (Å²) >= 11 is 0. The first-order chi connectivity index (χ1) is 9.96. The van der Waals surface area contributed by atoms with Crippen LogP contribution in [0, 0.1) is 0 Å².